The molecule has 0 radical (unpaired) electrons. The summed E-state index contributed by atoms with van der Waals surface area (Å²) in [7, 11) is 0. The maximum absolute atomic E-state index is 12.4. The number of nitrogen functional groups attached to an aromatic ring is 1. The van der Waals surface area contributed by atoms with E-state index in [0.29, 0.717) is 18.0 Å². The zero-order valence-electron chi connectivity index (χ0n) is 13.9. The van der Waals surface area contributed by atoms with Gasteiger partial charge in [-0.1, -0.05) is 6.07 Å². The van der Waals surface area contributed by atoms with Crippen LogP contribution in [0.1, 0.15) is 23.6 Å². The summed E-state index contributed by atoms with van der Waals surface area (Å²) in [5.74, 6) is 0.897. The maximum atomic E-state index is 12.4. The molecule has 0 aliphatic rings. The SMILES string of the molecule is Cc1ccc(-c2cc(N)c(=O)n([C@H](C)C(=O)NCc3cccs3)n2)o1. The van der Waals surface area contributed by atoms with Crippen LogP contribution in [0.5, 0.6) is 0 Å². The van der Waals surface area contributed by atoms with Crippen LogP contribution in [0.25, 0.3) is 11.5 Å². The van der Waals surface area contributed by atoms with Crippen molar-refractivity contribution in [3.63, 3.8) is 0 Å². The lowest BCUT2D eigenvalue weighted by molar-refractivity contribution is -0.124. The molecule has 0 saturated heterocycles. The van der Waals surface area contributed by atoms with E-state index >= 15 is 0 Å². The molecule has 0 bridgehead atoms. The lowest BCUT2D eigenvalue weighted by atomic mass is 10.2. The van der Waals surface area contributed by atoms with E-state index in [1.807, 2.05) is 24.4 Å². The molecular weight excluding hydrogens is 340 g/mol. The van der Waals surface area contributed by atoms with Gasteiger partial charge in [0.1, 0.15) is 23.2 Å². The van der Waals surface area contributed by atoms with E-state index < -0.39 is 11.6 Å². The Kier molecular flexibility index (Phi) is 4.71. The molecule has 0 spiro atoms. The normalized spacial score (nSPS) is 12.1. The number of amides is 1. The fraction of sp³-hybridized carbons (Fsp3) is 0.235. The van der Waals surface area contributed by atoms with E-state index in [4.69, 9.17) is 10.2 Å². The van der Waals surface area contributed by atoms with Crippen molar-refractivity contribution in [2.75, 3.05) is 5.73 Å². The van der Waals surface area contributed by atoms with Crippen LogP contribution >= 0.6 is 11.3 Å². The summed E-state index contributed by atoms with van der Waals surface area (Å²) in [4.78, 5) is 25.7. The molecule has 3 heterocycles. The first-order valence-corrected chi connectivity index (χ1v) is 8.60. The Labute approximate surface area is 148 Å². The highest BCUT2D eigenvalue weighted by molar-refractivity contribution is 7.09. The number of nitrogens with two attached hydrogens (primary N) is 1. The van der Waals surface area contributed by atoms with Crippen molar-refractivity contribution >= 4 is 22.9 Å². The number of anilines is 1. The average Bonchev–Trinajstić information content (AvgIpc) is 3.26. The third-order valence-corrected chi connectivity index (χ3v) is 4.60. The summed E-state index contributed by atoms with van der Waals surface area (Å²) in [6, 6.07) is 8.03. The van der Waals surface area contributed by atoms with Gasteiger partial charge < -0.3 is 15.5 Å². The molecule has 1 amide bonds. The molecule has 0 aliphatic heterocycles. The highest BCUT2D eigenvalue weighted by Gasteiger charge is 2.20. The zero-order valence-corrected chi connectivity index (χ0v) is 14.7. The van der Waals surface area contributed by atoms with E-state index in [9.17, 15) is 9.59 Å². The van der Waals surface area contributed by atoms with Gasteiger partial charge >= 0.3 is 0 Å². The molecule has 3 rings (SSSR count). The molecule has 25 heavy (non-hydrogen) atoms. The Hall–Kier alpha value is -2.87. The second-order valence-corrected chi connectivity index (χ2v) is 6.65. The van der Waals surface area contributed by atoms with Crippen molar-refractivity contribution in [2.24, 2.45) is 0 Å². The zero-order chi connectivity index (χ0) is 18.0. The molecule has 3 N–H and O–H groups in total. The molecular formula is C17H18N4O3S. The second kappa shape index (κ2) is 6.94. The van der Waals surface area contributed by atoms with Gasteiger partial charge in [-0.05, 0) is 43.5 Å². The first kappa shape index (κ1) is 17.0. The predicted octanol–water partition coefficient (Wildman–Crippen LogP) is 2.33. The summed E-state index contributed by atoms with van der Waals surface area (Å²) < 4.78 is 6.61. The van der Waals surface area contributed by atoms with E-state index in [1.54, 1.807) is 30.4 Å². The molecule has 130 valence electrons. The molecule has 0 fully saturated rings. The Bertz CT molecular complexity index is 943. The number of carbonyl (C=O) groups is 1. The van der Waals surface area contributed by atoms with Crippen LogP contribution in [-0.4, -0.2) is 15.7 Å². The largest absolute Gasteiger partial charge is 0.460 e. The van der Waals surface area contributed by atoms with Gasteiger partial charge in [-0.2, -0.15) is 5.10 Å². The molecule has 3 aromatic heterocycles. The Morgan fingerprint density at radius 3 is 2.88 bits per heavy atom. The molecule has 0 saturated carbocycles. The number of thiophene rings is 1. The molecule has 7 nitrogen and oxygen atoms in total. The number of hydrogen-bond acceptors (Lipinski definition) is 6. The second-order valence-electron chi connectivity index (χ2n) is 5.62. The molecule has 8 heteroatoms. The molecule has 3 aromatic rings. The van der Waals surface area contributed by atoms with Crippen molar-refractivity contribution < 1.29 is 9.21 Å². The predicted molar refractivity (Wildman–Crippen MR) is 96.2 cm³/mol. The van der Waals surface area contributed by atoms with Gasteiger partial charge in [0, 0.05) is 4.88 Å². The standard InChI is InChI=1S/C17H18N4O3S/c1-10-5-6-15(24-10)14-8-13(18)17(23)21(20-14)11(2)16(22)19-9-12-4-3-7-25-12/h3-8,11H,9,18H2,1-2H3,(H,19,22)/t11-/m1/s1. The number of nitrogens with one attached hydrogen (secondary N) is 1. The first-order chi connectivity index (χ1) is 12.0. The Morgan fingerprint density at radius 2 is 2.24 bits per heavy atom. The lowest BCUT2D eigenvalue weighted by Crippen LogP contribution is -2.37. The van der Waals surface area contributed by atoms with Crippen LogP contribution in [0.15, 0.2) is 44.9 Å². The number of aromatic nitrogens is 2. The van der Waals surface area contributed by atoms with Crippen LogP contribution in [0.2, 0.25) is 0 Å². The lowest BCUT2D eigenvalue weighted by Gasteiger charge is -2.15. The van der Waals surface area contributed by atoms with Crippen LogP contribution in [-0.2, 0) is 11.3 Å². The van der Waals surface area contributed by atoms with Crippen molar-refractivity contribution in [3.8, 4) is 11.5 Å². The van der Waals surface area contributed by atoms with Crippen molar-refractivity contribution in [1.29, 1.82) is 0 Å². The number of aryl methyl sites for hydroxylation is 1. The number of rotatable bonds is 5. The number of hydrogen-bond donors (Lipinski definition) is 2. The van der Waals surface area contributed by atoms with Crippen molar-refractivity contribution in [2.45, 2.75) is 26.4 Å². The minimum atomic E-state index is -0.800. The van der Waals surface area contributed by atoms with Gasteiger partial charge in [0.25, 0.3) is 5.56 Å². The van der Waals surface area contributed by atoms with E-state index in [1.165, 1.54) is 6.07 Å². The van der Waals surface area contributed by atoms with Gasteiger partial charge in [0.15, 0.2) is 5.76 Å². The minimum absolute atomic E-state index is 0.0111. The maximum Gasteiger partial charge on any atom is 0.290 e. The summed E-state index contributed by atoms with van der Waals surface area (Å²) in [5.41, 5.74) is 5.72. The first-order valence-electron chi connectivity index (χ1n) is 7.72. The average molecular weight is 358 g/mol. The van der Waals surface area contributed by atoms with Crippen LogP contribution in [0.3, 0.4) is 0 Å². The Morgan fingerprint density at radius 1 is 1.44 bits per heavy atom. The van der Waals surface area contributed by atoms with Gasteiger partial charge in [0.05, 0.1) is 6.54 Å². The van der Waals surface area contributed by atoms with Gasteiger partial charge in [-0.3, -0.25) is 9.59 Å². The minimum Gasteiger partial charge on any atom is -0.460 e. The van der Waals surface area contributed by atoms with Gasteiger partial charge in [-0.15, -0.1) is 11.3 Å². The van der Waals surface area contributed by atoms with Crippen LogP contribution in [0, 0.1) is 6.92 Å². The van der Waals surface area contributed by atoms with Crippen molar-refractivity contribution in [1.82, 2.24) is 15.1 Å². The number of furan rings is 1. The summed E-state index contributed by atoms with van der Waals surface area (Å²) in [6.45, 7) is 3.82. The van der Waals surface area contributed by atoms with Gasteiger partial charge in [-0.25, -0.2) is 4.68 Å². The fourth-order valence-electron chi connectivity index (χ4n) is 2.33. The number of carbonyl (C=O) groups excluding carboxylic acids is 1. The molecule has 0 aliphatic carbocycles. The third kappa shape index (κ3) is 3.63. The molecule has 1 atom stereocenters. The summed E-state index contributed by atoms with van der Waals surface area (Å²) in [6.07, 6.45) is 0. The van der Waals surface area contributed by atoms with Crippen LogP contribution in [0.4, 0.5) is 5.69 Å². The van der Waals surface area contributed by atoms with Gasteiger partial charge in [0.2, 0.25) is 5.91 Å². The van der Waals surface area contributed by atoms with E-state index in [-0.39, 0.29) is 11.6 Å². The summed E-state index contributed by atoms with van der Waals surface area (Å²) >= 11 is 1.55. The smallest absolute Gasteiger partial charge is 0.290 e. The van der Waals surface area contributed by atoms with Crippen LogP contribution < -0.4 is 16.6 Å². The monoisotopic (exact) mass is 358 g/mol. The fourth-order valence-corrected chi connectivity index (χ4v) is 2.98. The quantitative estimate of drug-likeness (QED) is 0.728. The highest BCUT2D eigenvalue weighted by Crippen LogP contribution is 2.20. The molecule has 0 unspecified atom stereocenters. The number of nitrogens with zero attached hydrogens (tertiary/aromatic N) is 2. The summed E-state index contributed by atoms with van der Waals surface area (Å²) in [5, 5.41) is 8.99. The Balaban J connectivity index is 1.86. The third-order valence-electron chi connectivity index (χ3n) is 3.72. The van der Waals surface area contributed by atoms with E-state index in [0.717, 1.165) is 15.3 Å². The molecule has 0 aromatic carbocycles. The van der Waals surface area contributed by atoms with E-state index in [2.05, 4.69) is 10.4 Å². The highest BCUT2D eigenvalue weighted by atomic mass is 32.1. The van der Waals surface area contributed by atoms with Crippen molar-refractivity contribution in [3.05, 3.63) is 56.7 Å². The topological polar surface area (TPSA) is 103 Å².